The summed E-state index contributed by atoms with van der Waals surface area (Å²) in [7, 11) is 3.70. The molecular formula is C29H37N5O3S. The highest BCUT2D eigenvalue weighted by atomic mass is 32.2. The van der Waals surface area contributed by atoms with E-state index in [1.165, 1.54) is 0 Å². The molecule has 1 spiro atoms. The zero-order chi connectivity index (χ0) is 26.9. The molecule has 202 valence electrons. The molecule has 5 heterocycles. The van der Waals surface area contributed by atoms with Crippen LogP contribution in [0.1, 0.15) is 56.2 Å². The second-order valence-electron chi connectivity index (χ2n) is 11.2. The zero-order valence-electron chi connectivity index (χ0n) is 23.2. The number of aryl methyl sites for hydroxylation is 1. The van der Waals surface area contributed by atoms with Crippen LogP contribution in [0.3, 0.4) is 0 Å². The van der Waals surface area contributed by atoms with Gasteiger partial charge in [-0.2, -0.15) is 5.10 Å². The number of nitrogens with zero attached hydrogens (tertiary/aromatic N) is 5. The van der Waals surface area contributed by atoms with Crippen LogP contribution < -0.4 is 4.74 Å². The van der Waals surface area contributed by atoms with Crippen molar-refractivity contribution in [1.82, 2.24) is 19.7 Å². The minimum Gasteiger partial charge on any atom is -0.496 e. The van der Waals surface area contributed by atoms with Crippen molar-refractivity contribution < 1.29 is 14.3 Å². The summed E-state index contributed by atoms with van der Waals surface area (Å²) in [6.45, 7) is 10.8. The largest absolute Gasteiger partial charge is 0.496 e. The van der Waals surface area contributed by atoms with E-state index in [9.17, 15) is 9.59 Å². The Morgan fingerprint density at radius 2 is 1.95 bits per heavy atom. The zero-order valence-corrected chi connectivity index (χ0v) is 24.0. The van der Waals surface area contributed by atoms with Crippen molar-refractivity contribution >= 4 is 29.4 Å². The van der Waals surface area contributed by atoms with E-state index in [1.807, 2.05) is 33.7 Å². The van der Waals surface area contributed by atoms with Crippen LogP contribution >= 0.6 is 11.8 Å². The number of hydrogen-bond donors (Lipinski definition) is 0. The van der Waals surface area contributed by atoms with E-state index >= 15 is 0 Å². The first-order chi connectivity index (χ1) is 18.2. The van der Waals surface area contributed by atoms with E-state index in [0.29, 0.717) is 26.2 Å². The Morgan fingerprint density at radius 1 is 1.21 bits per heavy atom. The molecule has 3 atom stereocenters. The predicted octanol–water partition coefficient (Wildman–Crippen LogP) is 4.52. The average Bonchev–Trinajstić information content (AvgIpc) is 3.47. The lowest BCUT2D eigenvalue weighted by atomic mass is 9.82. The molecule has 3 amide bonds. The van der Waals surface area contributed by atoms with Gasteiger partial charge in [-0.05, 0) is 50.8 Å². The molecule has 9 heteroatoms. The number of likely N-dealkylation sites (N-methyl/N-ethyl adjacent to an activating group) is 1. The van der Waals surface area contributed by atoms with Gasteiger partial charge in [0.1, 0.15) is 11.1 Å². The third-order valence-electron chi connectivity index (χ3n) is 8.99. The molecule has 38 heavy (non-hydrogen) atoms. The number of methoxy groups -OCH3 is 1. The summed E-state index contributed by atoms with van der Waals surface area (Å²) in [5.74, 6) is 1.32. The second-order valence-corrected chi connectivity index (χ2v) is 12.4. The van der Waals surface area contributed by atoms with Crippen molar-refractivity contribution in [2.24, 2.45) is 11.0 Å². The number of allylic oxidation sites excluding steroid dienone is 1. The Morgan fingerprint density at radius 3 is 2.61 bits per heavy atom. The summed E-state index contributed by atoms with van der Waals surface area (Å²) in [5.41, 5.74) is 5.21. The van der Waals surface area contributed by atoms with Crippen molar-refractivity contribution in [3.8, 4) is 5.75 Å². The Kier molecular flexibility index (Phi) is 6.05. The van der Waals surface area contributed by atoms with Gasteiger partial charge in [-0.25, -0.2) is 4.79 Å². The van der Waals surface area contributed by atoms with Gasteiger partial charge in [-0.1, -0.05) is 36.9 Å². The van der Waals surface area contributed by atoms with Crippen LogP contribution in [0.15, 0.2) is 40.0 Å². The molecule has 0 aromatic heterocycles. The second kappa shape index (κ2) is 9.07. The number of piperidine rings is 1. The molecule has 6 rings (SSSR count). The first-order valence-corrected chi connectivity index (χ1v) is 14.5. The summed E-state index contributed by atoms with van der Waals surface area (Å²) in [6, 6.07) is 4.34. The van der Waals surface area contributed by atoms with Crippen molar-refractivity contribution in [3.05, 3.63) is 51.6 Å². The number of thioether (sulfide) groups is 1. The number of carbonyl (C=O) groups is 2. The normalized spacial score (nSPS) is 27.6. The number of ether oxygens (including phenoxy) is 1. The Bertz CT molecular complexity index is 1300. The van der Waals surface area contributed by atoms with E-state index in [1.54, 1.807) is 18.9 Å². The fraction of sp³-hybridized carbons (Fsp3) is 0.552. The molecule has 2 saturated heterocycles. The quantitative estimate of drug-likeness (QED) is 0.570. The van der Waals surface area contributed by atoms with Crippen molar-refractivity contribution in [3.63, 3.8) is 0 Å². The van der Waals surface area contributed by atoms with Gasteiger partial charge in [0.25, 0.3) is 5.91 Å². The molecule has 0 N–H and O–H groups in total. The van der Waals surface area contributed by atoms with Crippen molar-refractivity contribution in [2.75, 3.05) is 33.8 Å². The van der Waals surface area contributed by atoms with Gasteiger partial charge >= 0.3 is 6.03 Å². The number of fused-ring (bicyclic) bond motifs is 4. The fourth-order valence-electron chi connectivity index (χ4n) is 7.18. The summed E-state index contributed by atoms with van der Waals surface area (Å²) >= 11 is 1.63. The summed E-state index contributed by atoms with van der Waals surface area (Å²) in [5, 5.41) is 6.69. The summed E-state index contributed by atoms with van der Waals surface area (Å²) in [6.07, 6.45) is 5.87. The maximum Gasteiger partial charge on any atom is 0.325 e. The van der Waals surface area contributed by atoms with E-state index in [-0.39, 0.29) is 29.1 Å². The molecule has 2 fully saturated rings. The molecule has 0 radical (unpaired) electrons. The number of benzene rings is 1. The molecule has 8 nitrogen and oxygen atoms in total. The van der Waals surface area contributed by atoms with E-state index in [0.717, 1.165) is 51.6 Å². The van der Waals surface area contributed by atoms with Crippen LogP contribution in [-0.2, 0) is 11.3 Å². The molecule has 0 bridgehead atoms. The first kappa shape index (κ1) is 25.3. The minimum atomic E-state index is -0.391. The summed E-state index contributed by atoms with van der Waals surface area (Å²) in [4.78, 5) is 34.2. The fourth-order valence-corrected chi connectivity index (χ4v) is 8.52. The van der Waals surface area contributed by atoms with Crippen LogP contribution in [0, 0.1) is 12.8 Å². The van der Waals surface area contributed by atoms with Gasteiger partial charge in [-0.3, -0.25) is 14.7 Å². The van der Waals surface area contributed by atoms with Crippen LogP contribution in [0.2, 0.25) is 0 Å². The van der Waals surface area contributed by atoms with Crippen LogP contribution in [0.25, 0.3) is 0 Å². The molecule has 0 saturated carbocycles. The lowest BCUT2D eigenvalue weighted by Crippen LogP contribution is -2.54. The average molecular weight is 536 g/mol. The maximum absolute atomic E-state index is 13.8. The number of carbonyl (C=O) groups excluding carboxylic acids is 2. The molecule has 5 aliphatic rings. The van der Waals surface area contributed by atoms with Gasteiger partial charge in [-0.15, -0.1) is 0 Å². The molecule has 5 aliphatic heterocycles. The highest BCUT2D eigenvalue weighted by Gasteiger charge is 2.55. The third-order valence-corrected chi connectivity index (χ3v) is 10.4. The topological polar surface area (TPSA) is 68.7 Å². The minimum absolute atomic E-state index is 0.0683. The van der Waals surface area contributed by atoms with Crippen molar-refractivity contribution in [1.29, 1.82) is 0 Å². The Balaban J connectivity index is 1.27. The van der Waals surface area contributed by atoms with Gasteiger partial charge in [0.15, 0.2) is 0 Å². The lowest BCUT2D eigenvalue weighted by molar-refractivity contribution is -0.128. The summed E-state index contributed by atoms with van der Waals surface area (Å²) < 4.78 is 5.77. The van der Waals surface area contributed by atoms with E-state index < -0.39 is 5.54 Å². The molecule has 0 aliphatic carbocycles. The van der Waals surface area contributed by atoms with E-state index in [2.05, 4.69) is 50.2 Å². The number of rotatable bonds is 3. The highest BCUT2D eigenvalue weighted by Crippen LogP contribution is 2.49. The lowest BCUT2D eigenvalue weighted by Gasteiger charge is -2.44. The number of amides is 3. The number of hydrogen-bond acceptors (Lipinski definition) is 6. The molecule has 1 aromatic carbocycles. The van der Waals surface area contributed by atoms with E-state index in [4.69, 9.17) is 4.74 Å². The third kappa shape index (κ3) is 3.61. The number of likely N-dealkylation sites (tertiary alicyclic amines) is 1. The predicted molar refractivity (Wildman–Crippen MR) is 150 cm³/mol. The van der Waals surface area contributed by atoms with Crippen LogP contribution in [0.4, 0.5) is 4.79 Å². The number of urea groups is 1. The maximum atomic E-state index is 13.8. The first-order valence-electron chi connectivity index (χ1n) is 13.6. The monoisotopic (exact) mass is 535 g/mol. The molecule has 1 aromatic rings. The van der Waals surface area contributed by atoms with Gasteiger partial charge in [0.05, 0.1) is 30.0 Å². The molecule has 3 unspecified atom stereocenters. The Hall–Kier alpha value is -2.94. The molecular weight excluding hydrogens is 498 g/mol. The smallest absolute Gasteiger partial charge is 0.325 e. The van der Waals surface area contributed by atoms with Crippen molar-refractivity contribution in [2.45, 2.75) is 63.9 Å². The Labute approximate surface area is 229 Å². The van der Waals surface area contributed by atoms with Crippen LogP contribution in [0.5, 0.6) is 5.75 Å². The van der Waals surface area contributed by atoms with Gasteiger partial charge in [0.2, 0.25) is 0 Å². The standard InChI is InChI=1S/C29H37N5O3S/c1-7-34-28(36)33-16-20-12-17(2)13-22(37-6)25(20)18(3)14-24(33)29(34)8-10-32(11-9-29)26(35)23-15-21-19(4)30-31(5)27(21)38-23/h12-15,18,21,27H,7-11,16H2,1-6H3. The van der Waals surface area contributed by atoms with Crippen LogP contribution in [-0.4, -0.2) is 82.1 Å². The number of hydrazone groups is 1. The SMILES string of the molecule is CCN1C(=O)N2Cc3cc(C)cc(OC)c3C(C)C=C2C12CCN(C(=O)C1=CC3C(C)=NN(C)C3S1)CC2. The highest BCUT2D eigenvalue weighted by molar-refractivity contribution is 8.04. The van der Waals surface area contributed by atoms with Gasteiger partial charge < -0.3 is 14.5 Å². The van der Waals surface area contributed by atoms with Gasteiger partial charge in [0, 0.05) is 49.6 Å².